The topological polar surface area (TPSA) is 84.9 Å². The molecule has 6 heteroatoms. The lowest BCUT2D eigenvalue weighted by molar-refractivity contribution is -0.143. The molecule has 0 saturated heterocycles. The van der Waals surface area contributed by atoms with E-state index >= 15 is 0 Å². The quantitative estimate of drug-likeness (QED) is 0.505. The number of rotatable bonds is 10. The van der Waals surface area contributed by atoms with Crippen LogP contribution in [0, 0.1) is 0 Å². The van der Waals surface area contributed by atoms with E-state index in [4.69, 9.17) is 14.6 Å². The lowest BCUT2D eigenvalue weighted by Crippen LogP contribution is -2.23. The third-order valence-corrected chi connectivity index (χ3v) is 2.69. The number of carboxylic acid groups (broad SMARTS) is 1. The molecule has 0 atom stereocenters. The minimum atomic E-state index is -1.01. The zero-order valence-electron chi connectivity index (χ0n) is 12.1. The van der Waals surface area contributed by atoms with Crippen molar-refractivity contribution >= 4 is 11.9 Å². The number of ether oxygens (including phenoxy) is 2. The summed E-state index contributed by atoms with van der Waals surface area (Å²) in [5, 5.41) is 12.1. The first kappa shape index (κ1) is 17.0. The highest BCUT2D eigenvalue weighted by Crippen LogP contribution is 2.17. The summed E-state index contributed by atoms with van der Waals surface area (Å²) in [6.07, 6.45) is 1.09. The summed E-state index contributed by atoms with van der Waals surface area (Å²) in [5.74, 6) is -0.836. The van der Waals surface area contributed by atoms with Gasteiger partial charge in [-0.1, -0.05) is 12.1 Å². The minimum Gasteiger partial charge on any atom is -0.491 e. The second kappa shape index (κ2) is 9.77. The molecule has 0 amide bonds. The maximum absolute atomic E-state index is 11.1. The summed E-state index contributed by atoms with van der Waals surface area (Å²) < 4.78 is 10.2. The zero-order valence-corrected chi connectivity index (χ0v) is 12.1. The fourth-order valence-electron chi connectivity index (χ4n) is 1.72. The molecular formula is C15H21NO5. The van der Waals surface area contributed by atoms with Crippen LogP contribution in [-0.4, -0.2) is 43.3 Å². The molecule has 116 valence electrons. The Bertz CT molecular complexity index is 461. The van der Waals surface area contributed by atoms with Crippen LogP contribution in [-0.2, 0) is 9.53 Å². The number of hydrogen-bond acceptors (Lipinski definition) is 5. The van der Waals surface area contributed by atoms with Crippen molar-refractivity contribution in [1.29, 1.82) is 0 Å². The molecule has 0 aliphatic rings. The summed E-state index contributed by atoms with van der Waals surface area (Å²) in [7, 11) is 0. The van der Waals surface area contributed by atoms with Crippen LogP contribution in [0.2, 0.25) is 0 Å². The van der Waals surface area contributed by atoms with Crippen LogP contribution >= 0.6 is 0 Å². The Balaban J connectivity index is 2.15. The third kappa shape index (κ3) is 6.76. The summed E-state index contributed by atoms with van der Waals surface area (Å²) in [6.45, 7) is 3.81. The van der Waals surface area contributed by atoms with E-state index in [2.05, 4.69) is 5.32 Å². The van der Waals surface area contributed by atoms with Gasteiger partial charge in [-0.25, -0.2) is 4.79 Å². The van der Waals surface area contributed by atoms with Crippen molar-refractivity contribution in [3.05, 3.63) is 29.8 Å². The predicted octanol–water partition coefficient (Wildman–Crippen LogP) is 1.70. The Labute approximate surface area is 124 Å². The maximum Gasteiger partial charge on any atom is 0.339 e. The highest BCUT2D eigenvalue weighted by atomic mass is 16.5. The van der Waals surface area contributed by atoms with E-state index in [-0.39, 0.29) is 11.5 Å². The number of esters is 1. The van der Waals surface area contributed by atoms with Crippen molar-refractivity contribution in [1.82, 2.24) is 5.32 Å². The van der Waals surface area contributed by atoms with Gasteiger partial charge < -0.3 is 19.9 Å². The molecule has 0 heterocycles. The Morgan fingerprint density at radius 3 is 2.71 bits per heavy atom. The van der Waals surface area contributed by atoms with E-state index in [0.717, 1.165) is 0 Å². The average Bonchev–Trinajstić information content (AvgIpc) is 2.46. The SMILES string of the molecule is CCOC(=O)CCCNCCOc1ccccc1C(=O)O. The average molecular weight is 295 g/mol. The molecule has 0 unspecified atom stereocenters. The van der Waals surface area contributed by atoms with Crippen molar-refractivity contribution in [3.63, 3.8) is 0 Å². The number of aromatic carboxylic acids is 1. The van der Waals surface area contributed by atoms with Gasteiger partial charge in [-0.3, -0.25) is 4.79 Å². The fourth-order valence-corrected chi connectivity index (χ4v) is 1.72. The van der Waals surface area contributed by atoms with Crippen molar-refractivity contribution in [2.24, 2.45) is 0 Å². The lowest BCUT2D eigenvalue weighted by Gasteiger charge is -2.09. The van der Waals surface area contributed by atoms with Crippen LogP contribution in [0.5, 0.6) is 5.75 Å². The number of nitrogens with one attached hydrogen (secondary N) is 1. The highest BCUT2D eigenvalue weighted by molar-refractivity contribution is 5.90. The van der Waals surface area contributed by atoms with Crippen molar-refractivity contribution in [2.75, 3.05) is 26.3 Å². The Hall–Kier alpha value is -2.08. The summed E-state index contributed by atoms with van der Waals surface area (Å²) in [4.78, 5) is 22.1. The molecule has 0 aliphatic carbocycles. The molecule has 21 heavy (non-hydrogen) atoms. The monoisotopic (exact) mass is 295 g/mol. The van der Waals surface area contributed by atoms with Gasteiger partial charge in [0.05, 0.1) is 6.61 Å². The molecule has 0 radical (unpaired) electrons. The molecule has 0 aromatic heterocycles. The number of benzene rings is 1. The number of carbonyl (C=O) groups is 2. The number of para-hydroxylation sites is 1. The van der Waals surface area contributed by atoms with E-state index in [1.807, 2.05) is 0 Å². The Kier molecular flexibility index (Phi) is 7.89. The predicted molar refractivity (Wildman–Crippen MR) is 77.6 cm³/mol. The second-order valence-electron chi connectivity index (χ2n) is 4.31. The van der Waals surface area contributed by atoms with E-state index < -0.39 is 5.97 Å². The number of hydrogen-bond donors (Lipinski definition) is 2. The van der Waals surface area contributed by atoms with E-state index in [0.29, 0.717) is 44.9 Å². The maximum atomic E-state index is 11.1. The van der Waals surface area contributed by atoms with Crippen LogP contribution in [0.25, 0.3) is 0 Å². The van der Waals surface area contributed by atoms with Gasteiger partial charge in [-0.15, -0.1) is 0 Å². The van der Waals surface area contributed by atoms with Crippen molar-refractivity contribution < 1.29 is 24.2 Å². The van der Waals surface area contributed by atoms with Gasteiger partial charge in [0, 0.05) is 13.0 Å². The number of carboxylic acids is 1. The smallest absolute Gasteiger partial charge is 0.339 e. The van der Waals surface area contributed by atoms with Crippen LogP contribution in [0.4, 0.5) is 0 Å². The molecular weight excluding hydrogens is 274 g/mol. The van der Waals surface area contributed by atoms with Gasteiger partial charge >= 0.3 is 11.9 Å². The van der Waals surface area contributed by atoms with Gasteiger partial charge in [0.2, 0.25) is 0 Å². The van der Waals surface area contributed by atoms with Crippen LogP contribution in [0.3, 0.4) is 0 Å². The molecule has 1 rings (SSSR count). The fraction of sp³-hybridized carbons (Fsp3) is 0.467. The van der Waals surface area contributed by atoms with Gasteiger partial charge in [0.15, 0.2) is 0 Å². The molecule has 1 aromatic rings. The zero-order chi connectivity index (χ0) is 15.5. The van der Waals surface area contributed by atoms with E-state index in [9.17, 15) is 9.59 Å². The molecule has 0 fully saturated rings. The first-order valence-corrected chi connectivity index (χ1v) is 6.96. The Morgan fingerprint density at radius 1 is 1.24 bits per heavy atom. The molecule has 1 aromatic carbocycles. The summed E-state index contributed by atoms with van der Waals surface area (Å²) in [5.41, 5.74) is 0.153. The van der Waals surface area contributed by atoms with E-state index in [1.165, 1.54) is 6.07 Å². The van der Waals surface area contributed by atoms with Crippen LogP contribution in [0.1, 0.15) is 30.1 Å². The first-order chi connectivity index (χ1) is 10.1. The number of carbonyl (C=O) groups excluding carboxylic acids is 1. The minimum absolute atomic E-state index is 0.153. The van der Waals surface area contributed by atoms with E-state index in [1.54, 1.807) is 25.1 Å². The summed E-state index contributed by atoms with van der Waals surface area (Å²) >= 11 is 0. The molecule has 2 N–H and O–H groups in total. The highest BCUT2D eigenvalue weighted by Gasteiger charge is 2.09. The lowest BCUT2D eigenvalue weighted by atomic mass is 10.2. The largest absolute Gasteiger partial charge is 0.491 e. The Morgan fingerprint density at radius 2 is 2.00 bits per heavy atom. The van der Waals surface area contributed by atoms with Gasteiger partial charge in [-0.2, -0.15) is 0 Å². The van der Waals surface area contributed by atoms with Crippen molar-refractivity contribution in [3.8, 4) is 5.75 Å². The third-order valence-electron chi connectivity index (χ3n) is 2.69. The summed E-state index contributed by atoms with van der Waals surface area (Å²) in [6, 6.07) is 6.52. The molecule has 0 spiro atoms. The van der Waals surface area contributed by atoms with Crippen LogP contribution < -0.4 is 10.1 Å². The molecule has 6 nitrogen and oxygen atoms in total. The molecule has 0 aliphatic heterocycles. The van der Waals surface area contributed by atoms with Gasteiger partial charge in [-0.05, 0) is 32.0 Å². The van der Waals surface area contributed by atoms with Gasteiger partial charge in [0.25, 0.3) is 0 Å². The molecule has 0 saturated carbocycles. The first-order valence-electron chi connectivity index (χ1n) is 6.96. The molecule has 0 bridgehead atoms. The van der Waals surface area contributed by atoms with Crippen LogP contribution in [0.15, 0.2) is 24.3 Å². The van der Waals surface area contributed by atoms with Gasteiger partial charge in [0.1, 0.15) is 17.9 Å². The standard InChI is InChI=1S/C15H21NO5/c1-2-20-14(17)8-5-9-16-10-11-21-13-7-4-3-6-12(13)15(18)19/h3-4,6-7,16H,2,5,8-11H2,1H3,(H,18,19). The van der Waals surface area contributed by atoms with Crippen molar-refractivity contribution in [2.45, 2.75) is 19.8 Å². The second-order valence-corrected chi connectivity index (χ2v) is 4.31. The normalized spacial score (nSPS) is 10.1.